The molecule has 94 valence electrons. The number of nitrogens with one attached hydrogen (secondary N) is 1. The summed E-state index contributed by atoms with van der Waals surface area (Å²) in [5.74, 6) is -0.248. The van der Waals surface area contributed by atoms with Gasteiger partial charge in [0, 0.05) is 23.0 Å². The molecule has 0 aliphatic heterocycles. The Bertz CT molecular complexity index is 567. The number of pyridine rings is 1. The fourth-order valence-electron chi connectivity index (χ4n) is 1.47. The normalized spacial score (nSPS) is 12.1. The van der Waals surface area contributed by atoms with E-state index < -0.39 is 0 Å². The van der Waals surface area contributed by atoms with Crippen LogP contribution in [-0.4, -0.2) is 15.9 Å². The SMILES string of the molecule is Cc1csc(C(C)NC(=O)c2cc(N)ccn2)n1. The Morgan fingerprint density at radius 3 is 2.94 bits per heavy atom. The first-order chi connectivity index (χ1) is 8.56. The number of rotatable bonds is 3. The summed E-state index contributed by atoms with van der Waals surface area (Å²) in [6.07, 6.45) is 1.52. The Morgan fingerprint density at radius 2 is 2.33 bits per heavy atom. The first kappa shape index (κ1) is 12.5. The zero-order valence-corrected chi connectivity index (χ0v) is 11.0. The number of nitrogen functional groups attached to an aromatic ring is 1. The molecule has 2 heterocycles. The van der Waals surface area contributed by atoms with E-state index in [0.717, 1.165) is 10.7 Å². The summed E-state index contributed by atoms with van der Waals surface area (Å²) in [6, 6.07) is 3.05. The van der Waals surface area contributed by atoms with Crippen molar-refractivity contribution in [2.75, 3.05) is 5.73 Å². The van der Waals surface area contributed by atoms with Crippen LogP contribution in [0.3, 0.4) is 0 Å². The minimum atomic E-state index is -0.248. The van der Waals surface area contributed by atoms with E-state index in [4.69, 9.17) is 5.73 Å². The van der Waals surface area contributed by atoms with E-state index in [9.17, 15) is 4.79 Å². The second kappa shape index (κ2) is 5.14. The van der Waals surface area contributed by atoms with E-state index in [-0.39, 0.29) is 11.9 Å². The van der Waals surface area contributed by atoms with Gasteiger partial charge in [-0.05, 0) is 26.0 Å². The van der Waals surface area contributed by atoms with Gasteiger partial charge >= 0.3 is 0 Å². The van der Waals surface area contributed by atoms with Crippen molar-refractivity contribution in [2.45, 2.75) is 19.9 Å². The third-order valence-corrected chi connectivity index (χ3v) is 3.52. The van der Waals surface area contributed by atoms with Crippen LogP contribution >= 0.6 is 11.3 Å². The van der Waals surface area contributed by atoms with E-state index in [0.29, 0.717) is 11.4 Å². The summed E-state index contributed by atoms with van der Waals surface area (Å²) >= 11 is 1.53. The van der Waals surface area contributed by atoms with Crippen LogP contribution in [0, 0.1) is 6.92 Å². The molecule has 0 spiro atoms. The molecular weight excluding hydrogens is 248 g/mol. The highest BCUT2D eigenvalue weighted by atomic mass is 32.1. The predicted molar refractivity (Wildman–Crippen MR) is 71.4 cm³/mol. The third kappa shape index (κ3) is 2.84. The maximum atomic E-state index is 11.9. The molecule has 1 atom stereocenters. The molecule has 0 fully saturated rings. The van der Waals surface area contributed by atoms with Gasteiger partial charge in [0.2, 0.25) is 0 Å². The van der Waals surface area contributed by atoms with Crippen molar-refractivity contribution >= 4 is 22.9 Å². The van der Waals surface area contributed by atoms with Crippen molar-refractivity contribution in [3.8, 4) is 0 Å². The van der Waals surface area contributed by atoms with Crippen LogP contribution in [0.15, 0.2) is 23.7 Å². The van der Waals surface area contributed by atoms with Gasteiger partial charge in [-0.3, -0.25) is 9.78 Å². The number of aromatic nitrogens is 2. The van der Waals surface area contributed by atoms with Gasteiger partial charge in [0.1, 0.15) is 10.7 Å². The van der Waals surface area contributed by atoms with Crippen molar-refractivity contribution in [1.82, 2.24) is 15.3 Å². The molecule has 1 amide bonds. The fourth-order valence-corrected chi connectivity index (χ4v) is 2.28. The Kier molecular flexibility index (Phi) is 3.57. The number of anilines is 1. The van der Waals surface area contributed by atoms with Crippen LogP contribution in [-0.2, 0) is 0 Å². The maximum Gasteiger partial charge on any atom is 0.270 e. The second-order valence-corrected chi connectivity index (χ2v) is 4.89. The molecule has 3 N–H and O–H groups in total. The predicted octanol–water partition coefficient (Wildman–Crippen LogP) is 1.92. The number of aryl methyl sites for hydroxylation is 1. The number of nitrogens with zero attached hydrogens (tertiary/aromatic N) is 2. The highest BCUT2D eigenvalue weighted by molar-refractivity contribution is 7.09. The van der Waals surface area contributed by atoms with Gasteiger partial charge in [-0.1, -0.05) is 0 Å². The average molecular weight is 262 g/mol. The number of hydrogen-bond donors (Lipinski definition) is 2. The molecular formula is C12H14N4OS. The van der Waals surface area contributed by atoms with Crippen molar-refractivity contribution in [3.05, 3.63) is 40.1 Å². The molecule has 1 unspecified atom stereocenters. The Labute approximate surface area is 109 Å². The van der Waals surface area contributed by atoms with Crippen LogP contribution in [0.2, 0.25) is 0 Å². The van der Waals surface area contributed by atoms with E-state index in [1.54, 1.807) is 12.1 Å². The fraction of sp³-hybridized carbons (Fsp3) is 0.250. The number of carbonyl (C=O) groups excluding carboxylic acids is 1. The van der Waals surface area contributed by atoms with Gasteiger partial charge < -0.3 is 11.1 Å². The highest BCUT2D eigenvalue weighted by Crippen LogP contribution is 2.17. The Hall–Kier alpha value is -1.95. The van der Waals surface area contributed by atoms with Gasteiger partial charge in [-0.15, -0.1) is 11.3 Å². The van der Waals surface area contributed by atoms with E-state index in [1.807, 2.05) is 19.2 Å². The van der Waals surface area contributed by atoms with Gasteiger partial charge in [0.05, 0.1) is 6.04 Å². The summed E-state index contributed by atoms with van der Waals surface area (Å²) in [4.78, 5) is 20.3. The largest absolute Gasteiger partial charge is 0.399 e. The van der Waals surface area contributed by atoms with Crippen LogP contribution < -0.4 is 11.1 Å². The number of carbonyl (C=O) groups is 1. The topological polar surface area (TPSA) is 80.9 Å². The Balaban J connectivity index is 2.08. The highest BCUT2D eigenvalue weighted by Gasteiger charge is 2.14. The van der Waals surface area contributed by atoms with E-state index in [1.165, 1.54) is 17.5 Å². The van der Waals surface area contributed by atoms with Crippen molar-refractivity contribution < 1.29 is 4.79 Å². The lowest BCUT2D eigenvalue weighted by atomic mass is 10.3. The van der Waals surface area contributed by atoms with Crippen LogP contribution in [0.4, 0.5) is 5.69 Å². The van der Waals surface area contributed by atoms with E-state index >= 15 is 0 Å². The standard InChI is InChI=1S/C12H14N4OS/c1-7-6-18-12(15-7)8(2)16-11(17)10-5-9(13)3-4-14-10/h3-6,8H,1-2H3,(H2,13,14)(H,16,17). The lowest BCUT2D eigenvalue weighted by molar-refractivity contribution is 0.0935. The van der Waals surface area contributed by atoms with Crippen LogP contribution in [0.25, 0.3) is 0 Å². The first-order valence-corrected chi connectivity index (χ1v) is 6.38. The van der Waals surface area contributed by atoms with Gasteiger partial charge in [-0.25, -0.2) is 4.98 Å². The van der Waals surface area contributed by atoms with Gasteiger partial charge in [0.15, 0.2) is 0 Å². The average Bonchev–Trinajstić information content (AvgIpc) is 2.76. The third-order valence-electron chi connectivity index (χ3n) is 2.37. The van der Waals surface area contributed by atoms with Gasteiger partial charge in [-0.2, -0.15) is 0 Å². The minimum absolute atomic E-state index is 0.139. The number of hydrogen-bond acceptors (Lipinski definition) is 5. The summed E-state index contributed by atoms with van der Waals surface area (Å²) in [5, 5.41) is 5.68. The molecule has 18 heavy (non-hydrogen) atoms. The summed E-state index contributed by atoms with van der Waals surface area (Å²) in [6.45, 7) is 3.82. The Morgan fingerprint density at radius 1 is 1.56 bits per heavy atom. The van der Waals surface area contributed by atoms with Crippen molar-refractivity contribution in [2.24, 2.45) is 0 Å². The molecule has 6 heteroatoms. The zero-order chi connectivity index (χ0) is 13.1. The van der Waals surface area contributed by atoms with Gasteiger partial charge in [0.25, 0.3) is 5.91 Å². The molecule has 2 rings (SSSR count). The molecule has 5 nitrogen and oxygen atoms in total. The van der Waals surface area contributed by atoms with Crippen molar-refractivity contribution in [1.29, 1.82) is 0 Å². The molecule has 0 aliphatic carbocycles. The number of amides is 1. The number of thiazole rings is 1. The molecule has 2 aromatic heterocycles. The van der Waals surface area contributed by atoms with E-state index in [2.05, 4.69) is 15.3 Å². The number of nitrogens with two attached hydrogens (primary N) is 1. The monoisotopic (exact) mass is 262 g/mol. The summed E-state index contributed by atoms with van der Waals surface area (Å²) < 4.78 is 0. The molecule has 0 aliphatic rings. The van der Waals surface area contributed by atoms with Crippen LogP contribution in [0.5, 0.6) is 0 Å². The lowest BCUT2D eigenvalue weighted by Gasteiger charge is -2.10. The molecule has 0 aromatic carbocycles. The molecule has 0 saturated carbocycles. The maximum absolute atomic E-state index is 11.9. The first-order valence-electron chi connectivity index (χ1n) is 5.50. The quantitative estimate of drug-likeness (QED) is 0.885. The minimum Gasteiger partial charge on any atom is -0.399 e. The zero-order valence-electron chi connectivity index (χ0n) is 10.2. The summed E-state index contributed by atoms with van der Waals surface area (Å²) in [7, 11) is 0. The molecule has 0 bridgehead atoms. The molecule has 0 saturated heterocycles. The molecule has 0 radical (unpaired) electrons. The second-order valence-electron chi connectivity index (χ2n) is 4.00. The van der Waals surface area contributed by atoms with Crippen molar-refractivity contribution in [3.63, 3.8) is 0 Å². The smallest absolute Gasteiger partial charge is 0.270 e. The van der Waals surface area contributed by atoms with Crippen LogP contribution in [0.1, 0.15) is 34.2 Å². The molecule has 2 aromatic rings. The summed E-state index contributed by atoms with van der Waals surface area (Å²) in [5.41, 5.74) is 7.40. The lowest BCUT2D eigenvalue weighted by Crippen LogP contribution is -2.27.